The Morgan fingerprint density at radius 1 is 1.21 bits per heavy atom. The minimum absolute atomic E-state index is 0.292. The van der Waals surface area contributed by atoms with Gasteiger partial charge in [-0.05, 0) is 64.2 Å². The Morgan fingerprint density at radius 2 is 1.95 bits per heavy atom. The lowest BCUT2D eigenvalue weighted by Gasteiger charge is -2.22. The molecule has 1 unspecified atom stereocenters. The highest BCUT2D eigenvalue weighted by Crippen LogP contribution is 2.17. The fourth-order valence-corrected chi connectivity index (χ4v) is 4.28. The first-order valence-corrected chi connectivity index (χ1v) is 9.07. The highest BCUT2D eigenvalue weighted by Gasteiger charge is 2.22. The summed E-state index contributed by atoms with van der Waals surface area (Å²) in [6, 6.07) is 0. The summed E-state index contributed by atoms with van der Waals surface area (Å²) in [5.74, 6) is 1.36. The molecule has 0 saturated carbocycles. The van der Waals surface area contributed by atoms with E-state index < -0.39 is 10.0 Å². The summed E-state index contributed by atoms with van der Waals surface area (Å²) in [6.07, 6.45) is 4.14. The van der Waals surface area contributed by atoms with Crippen LogP contribution in [-0.2, 0) is 10.0 Å². The molecule has 19 heavy (non-hydrogen) atoms. The summed E-state index contributed by atoms with van der Waals surface area (Å²) in [7, 11) is -0.986. The first-order valence-electron chi connectivity index (χ1n) is 7.42. The fraction of sp³-hybridized carbons (Fsp3) is 1.00. The highest BCUT2D eigenvalue weighted by molar-refractivity contribution is 7.89. The summed E-state index contributed by atoms with van der Waals surface area (Å²) < 4.78 is 26.7. The maximum absolute atomic E-state index is 12.0. The molecule has 2 rings (SSSR count). The van der Waals surface area contributed by atoms with Gasteiger partial charge in [-0.3, -0.25) is 0 Å². The molecule has 0 aromatic rings. The van der Waals surface area contributed by atoms with Crippen molar-refractivity contribution in [3.8, 4) is 0 Å². The number of hydrogen-bond acceptors (Lipinski definition) is 4. The number of hydrogen-bond donors (Lipinski definition) is 2. The molecule has 6 heteroatoms. The smallest absolute Gasteiger partial charge is 0.211 e. The first kappa shape index (κ1) is 15.2. The van der Waals surface area contributed by atoms with Crippen molar-refractivity contribution in [1.82, 2.24) is 14.9 Å². The van der Waals surface area contributed by atoms with Crippen molar-refractivity contribution >= 4 is 10.0 Å². The quantitative estimate of drug-likeness (QED) is 0.736. The molecule has 2 aliphatic rings. The summed E-state index contributed by atoms with van der Waals surface area (Å²) in [5.41, 5.74) is 0. The molecule has 2 fully saturated rings. The van der Waals surface area contributed by atoms with Gasteiger partial charge < -0.3 is 10.2 Å². The van der Waals surface area contributed by atoms with Gasteiger partial charge in [0.05, 0.1) is 5.75 Å². The van der Waals surface area contributed by atoms with Crippen LogP contribution in [0, 0.1) is 11.8 Å². The van der Waals surface area contributed by atoms with E-state index in [1.165, 1.54) is 0 Å². The van der Waals surface area contributed by atoms with Gasteiger partial charge in [-0.2, -0.15) is 0 Å². The second kappa shape index (κ2) is 7.02. The third kappa shape index (κ3) is 5.38. The van der Waals surface area contributed by atoms with Gasteiger partial charge >= 0.3 is 0 Å². The zero-order chi connectivity index (χ0) is 13.7. The molecule has 0 aliphatic carbocycles. The summed E-state index contributed by atoms with van der Waals surface area (Å²) >= 11 is 0. The second-order valence-electron chi connectivity index (χ2n) is 6.07. The maximum atomic E-state index is 12.0. The van der Waals surface area contributed by atoms with Crippen LogP contribution in [0.4, 0.5) is 0 Å². The molecule has 0 bridgehead atoms. The zero-order valence-electron chi connectivity index (χ0n) is 11.9. The standard InChI is InChI=1S/C13H27N3O2S/c1-16-8-4-13(11-16)10-15-19(17,18)9-5-12-2-6-14-7-3-12/h12-15H,2-11H2,1H3. The number of rotatable bonds is 6. The number of likely N-dealkylation sites (tertiary alicyclic amines) is 1. The third-order valence-electron chi connectivity index (χ3n) is 4.33. The summed E-state index contributed by atoms with van der Waals surface area (Å²) in [4.78, 5) is 2.26. The van der Waals surface area contributed by atoms with Crippen molar-refractivity contribution in [2.24, 2.45) is 11.8 Å². The van der Waals surface area contributed by atoms with Gasteiger partial charge in [0, 0.05) is 13.1 Å². The van der Waals surface area contributed by atoms with E-state index in [4.69, 9.17) is 0 Å². The van der Waals surface area contributed by atoms with Gasteiger partial charge in [0.2, 0.25) is 10.0 Å². The maximum Gasteiger partial charge on any atom is 0.211 e. The number of nitrogens with one attached hydrogen (secondary N) is 2. The monoisotopic (exact) mass is 289 g/mol. The van der Waals surface area contributed by atoms with Gasteiger partial charge in [-0.15, -0.1) is 0 Å². The first-order chi connectivity index (χ1) is 9.05. The van der Waals surface area contributed by atoms with Crippen LogP contribution in [0.1, 0.15) is 25.7 Å². The normalized spacial score (nSPS) is 26.9. The van der Waals surface area contributed by atoms with Crippen LogP contribution in [-0.4, -0.2) is 58.8 Å². The van der Waals surface area contributed by atoms with Crippen molar-refractivity contribution in [2.45, 2.75) is 25.7 Å². The Hall–Kier alpha value is -0.170. The lowest BCUT2D eigenvalue weighted by atomic mass is 9.96. The Labute approximate surface area is 117 Å². The van der Waals surface area contributed by atoms with Crippen LogP contribution in [0.3, 0.4) is 0 Å². The van der Waals surface area contributed by atoms with E-state index in [9.17, 15) is 8.42 Å². The molecule has 0 spiro atoms. The largest absolute Gasteiger partial charge is 0.317 e. The minimum Gasteiger partial charge on any atom is -0.317 e. The minimum atomic E-state index is -3.07. The van der Waals surface area contributed by atoms with Crippen molar-refractivity contribution in [3.63, 3.8) is 0 Å². The van der Waals surface area contributed by atoms with E-state index in [-0.39, 0.29) is 0 Å². The number of piperidine rings is 1. The molecule has 2 saturated heterocycles. The number of nitrogens with zero attached hydrogens (tertiary/aromatic N) is 1. The Kier molecular flexibility index (Phi) is 5.62. The van der Waals surface area contributed by atoms with Crippen LogP contribution in [0.15, 0.2) is 0 Å². The predicted octanol–water partition coefficient (Wildman–Crippen LogP) is 0.247. The molecule has 0 amide bonds. The lowest BCUT2D eigenvalue weighted by Crippen LogP contribution is -2.34. The van der Waals surface area contributed by atoms with Crippen LogP contribution in [0.25, 0.3) is 0 Å². The lowest BCUT2D eigenvalue weighted by molar-refractivity contribution is 0.364. The van der Waals surface area contributed by atoms with Gasteiger partial charge in [-0.1, -0.05) is 0 Å². The molecule has 2 heterocycles. The molecule has 0 aromatic heterocycles. The van der Waals surface area contributed by atoms with E-state index in [0.29, 0.717) is 24.1 Å². The van der Waals surface area contributed by atoms with Gasteiger partial charge in [0.25, 0.3) is 0 Å². The molecule has 0 radical (unpaired) electrons. The van der Waals surface area contributed by atoms with Crippen LogP contribution in [0.2, 0.25) is 0 Å². The van der Waals surface area contributed by atoms with Crippen molar-refractivity contribution in [1.29, 1.82) is 0 Å². The Bertz CT molecular complexity index is 351. The van der Waals surface area contributed by atoms with Gasteiger partial charge in [0.1, 0.15) is 0 Å². The molecular formula is C13H27N3O2S. The average molecular weight is 289 g/mol. The summed E-state index contributed by atoms with van der Waals surface area (Å²) in [6.45, 7) is 4.77. The highest BCUT2D eigenvalue weighted by atomic mass is 32.2. The van der Waals surface area contributed by atoms with Crippen molar-refractivity contribution < 1.29 is 8.42 Å². The fourth-order valence-electron chi connectivity index (χ4n) is 3.00. The topological polar surface area (TPSA) is 61.4 Å². The van der Waals surface area contributed by atoms with Crippen LogP contribution >= 0.6 is 0 Å². The molecular weight excluding hydrogens is 262 g/mol. The average Bonchev–Trinajstić information content (AvgIpc) is 2.82. The molecule has 0 aromatic carbocycles. The van der Waals surface area contributed by atoms with Crippen LogP contribution in [0.5, 0.6) is 0 Å². The van der Waals surface area contributed by atoms with E-state index >= 15 is 0 Å². The van der Waals surface area contributed by atoms with E-state index in [1.54, 1.807) is 0 Å². The van der Waals surface area contributed by atoms with Gasteiger partial charge in [0.15, 0.2) is 0 Å². The SMILES string of the molecule is CN1CCC(CNS(=O)(=O)CCC2CCNCC2)C1. The van der Waals surface area contributed by atoms with Crippen molar-refractivity contribution in [2.75, 3.05) is 45.5 Å². The summed E-state index contributed by atoms with van der Waals surface area (Å²) in [5, 5.41) is 3.31. The molecule has 112 valence electrons. The van der Waals surface area contributed by atoms with Gasteiger partial charge in [-0.25, -0.2) is 13.1 Å². The Balaban J connectivity index is 1.66. The van der Waals surface area contributed by atoms with E-state index in [0.717, 1.165) is 51.9 Å². The zero-order valence-corrected chi connectivity index (χ0v) is 12.7. The van der Waals surface area contributed by atoms with Crippen molar-refractivity contribution in [3.05, 3.63) is 0 Å². The molecule has 2 N–H and O–H groups in total. The Morgan fingerprint density at radius 3 is 2.58 bits per heavy atom. The number of sulfonamides is 1. The molecule has 2 aliphatic heterocycles. The molecule has 5 nitrogen and oxygen atoms in total. The predicted molar refractivity (Wildman–Crippen MR) is 77.6 cm³/mol. The third-order valence-corrected chi connectivity index (χ3v) is 5.71. The molecule has 1 atom stereocenters. The second-order valence-corrected chi connectivity index (χ2v) is 7.99. The van der Waals surface area contributed by atoms with E-state index in [1.807, 2.05) is 0 Å². The van der Waals surface area contributed by atoms with Crippen LogP contribution < -0.4 is 10.0 Å². The van der Waals surface area contributed by atoms with E-state index in [2.05, 4.69) is 22.0 Å².